The zero-order chi connectivity index (χ0) is 21.0. The number of hydrogen-bond acceptors (Lipinski definition) is 6. The third kappa shape index (κ3) is 4.83. The average molecular weight is 427 g/mol. The van der Waals surface area contributed by atoms with Crippen LogP contribution in [0.15, 0.2) is 47.8 Å². The highest BCUT2D eigenvalue weighted by molar-refractivity contribution is 8.00. The highest BCUT2D eigenvalue weighted by atomic mass is 32.2. The molecule has 3 aromatic rings. The molecule has 6 nitrogen and oxygen atoms in total. The molecule has 0 aliphatic carbocycles. The van der Waals surface area contributed by atoms with Crippen LogP contribution in [0.5, 0.6) is 0 Å². The van der Waals surface area contributed by atoms with E-state index in [1.807, 2.05) is 57.2 Å². The van der Waals surface area contributed by atoms with Crippen LogP contribution >= 0.6 is 23.1 Å². The third-order valence-electron chi connectivity index (χ3n) is 4.51. The van der Waals surface area contributed by atoms with E-state index in [1.165, 1.54) is 29.4 Å². The van der Waals surface area contributed by atoms with Crippen molar-refractivity contribution < 1.29 is 9.59 Å². The minimum atomic E-state index is -0.536. The summed E-state index contributed by atoms with van der Waals surface area (Å²) in [4.78, 5) is 34.3. The molecule has 1 unspecified atom stereocenters. The number of primary amides is 1. The molecular weight excluding hydrogens is 404 g/mol. The number of thiophene rings is 1. The van der Waals surface area contributed by atoms with Crippen LogP contribution < -0.4 is 11.1 Å². The summed E-state index contributed by atoms with van der Waals surface area (Å²) in [5, 5.41) is 3.74. The number of nitrogens with zero attached hydrogens (tertiary/aromatic N) is 2. The molecule has 3 N–H and O–H groups in total. The molecule has 1 atom stereocenters. The number of nitrogens with one attached hydrogen (secondary N) is 1. The van der Waals surface area contributed by atoms with E-state index >= 15 is 0 Å². The van der Waals surface area contributed by atoms with Gasteiger partial charge in [-0.25, -0.2) is 9.97 Å². The number of aromatic nitrogens is 2. The van der Waals surface area contributed by atoms with Crippen LogP contribution in [-0.4, -0.2) is 27.0 Å². The molecule has 0 radical (unpaired) electrons. The van der Waals surface area contributed by atoms with E-state index in [9.17, 15) is 9.59 Å². The summed E-state index contributed by atoms with van der Waals surface area (Å²) < 4.78 is 0. The fourth-order valence-electron chi connectivity index (χ4n) is 2.84. The number of nitrogens with two attached hydrogens (primary N) is 1. The smallest absolute Gasteiger partial charge is 0.251 e. The SMILES string of the molecule is CCC(Sc1cc(-c2ccccc2)ncn1)C(=O)Nc1sc(C)c(C)c1C(N)=O. The van der Waals surface area contributed by atoms with E-state index < -0.39 is 5.91 Å². The van der Waals surface area contributed by atoms with Gasteiger partial charge in [0.1, 0.15) is 16.4 Å². The van der Waals surface area contributed by atoms with Crippen molar-refractivity contribution in [3.8, 4) is 11.3 Å². The molecule has 0 spiro atoms. The molecule has 3 rings (SSSR count). The minimum Gasteiger partial charge on any atom is -0.365 e. The first kappa shape index (κ1) is 21.0. The monoisotopic (exact) mass is 426 g/mol. The van der Waals surface area contributed by atoms with Gasteiger partial charge in [0, 0.05) is 10.4 Å². The minimum absolute atomic E-state index is 0.180. The normalized spacial score (nSPS) is 11.8. The Balaban J connectivity index is 1.78. The first-order valence-electron chi connectivity index (χ1n) is 9.15. The van der Waals surface area contributed by atoms with E-state index in [1.54, 1.807) is 0 Å². The van der Waals surface area contributed by atoms with Crippen LogP contribution in [0.2, 0.25) is 0 Å². The molecule has 150 valence electrons. The number of thioether (sulfide) groups is 1. The second-order valence-electron chi connectivity index (χ2n) is 6.46. The number of amides is 2. The fraction of sp³-hybridized carbons (Fsp3) is 0.238. The summed E-state index contributed by atoms with van der Waals surface area (Å²) in [5.41, 5.74) is 8.49. The molecule has 2 heterocycles. The summed E-state index contributed by atoms with van der Waals surface area (Å²) in [7, 11) is 0. The zero-order valence-corrected chi connectivity index (χ0v) is 18.1. The van der Waals surface area contributed by atoms with E-state index in [-0.39, 0.29) is 11.2 Å². The maximum Gasteiger partial charge on any atom is 0.251 e. The van der Waals surface area contributed by atoms with Crippen molar-refractivity contribution in [2.24, 2.45) is 5.73 Å². The Labute approximate surface area is 178 Å². The Hall–Kier alpha value is -2.71. The van der Waals surface area contributed by atoms with Gasteiger partial charge in [0.25, 0.3) is 5.91 Å². The quantitative estimate of drug-likeness (QED) is 0.430. The van der Waals surface area contributed by atoms with Crippen molar-refractivity contribution in [3.63, 3.8) is 0 Å². The van der Waals surface area contributed by atoms with Crippen molar-refractivity contribution in [1.29, 1.82) is 0 Å². The lowest BCUT2D eigenvalue weighted by atomic mass is 10.1. The van der Waals surface area contributed by atoms with E-state index in [0.717, 1.165) is 26.7 Å². The number of aryl methyl sites for hydroxylation is 1. The summed E-state index contributed by atoms with van der Waals surface area (Å²) in [6, 6.07) is 11.7. The predicted octanol–water partition coefficient (Wildman–Crippen LogP) is 4.43. The summed E-state index contributed by atoms with van der Waals surface area (Å²) in [6.45, 7) is 5.68. The average Bonchev–Trinajstić information content (AvgIpc) is 3.00. The molecule has 0 aliphatic rings. The van der Waals surface area contributed by atoms with Gasteiger partial charge in [-0.1, -0.05) is 49.0 Å². The van der Waals surface area contributed by atoms with Crippen molar-refractivity contribution in [2.45, 2.75) is 37.5 Å². The number of anilines is 1. The molecular formula is C21H22N4O2S2. The van der Waals surface area contributed by atoms with Crippen molar-refractivity contribution in [2.75, 3.05) is 5.32 Å². The van der Waals surface area contributed by atoms with Crippen LogP contribution in [0.4, 0.5) is 5.00 Å². The molecule has 0 saturated heterocycles. The van der Waals surface area contributed by atoms with Crippen LogP contribution in [0.3, 0.4) is 0 Å². The number of benzene rings is 1. The van der Waals surface area contributed by atoms with Gasteiger partial charge < -0.3 is 11.1 Å². The lowest BCUT2D eigenvalue weighted by molar-refractivity contribution is -0.115. The summed E-state index contributed by atoms with van der Waals surface area (Å²) in [6.07, 6.45) is 2.11. The number of carbonyl (C=O) groups is 2. The van der Waals surface area contributed by atoms with Gasteiger partial charge >= 0.3 is 0 Å². The molecule has 8 heteroatoms. The molecule has 1 aromatic carbocycles. The molecule has 0 bridgehead atoms. The van der Waals surface area contributed by atoms with Crippen LogP contribution in [0, 0.1) is 13.8 Å². The topological polar surface area (TPSA) is 98.0 Å². The molecule has 2 aromatic heterocycles. The Bertz CT molecular complexity index is 1030. The Morgan fingerprint density at radius 3 is 2.59 bits per heavy atom. The zero-order valence-electron chi connectivity index (χ0n) is 16.4. The largest absolute Gasteiger partial charge is 0.365 e. The predicted molar refractivity (Wildman–Crippen MR) is 118 cm³/mol. The Morgan fingerprint density at radius 2 is 1.93 bits per heavy atom. The van der Waals surface area contributed by atoms with E-state index in [2.05, 4.69) is 15.3 Å². The van der Waals surface area contributed by atoms with E-state index in [4.69, 9.17) is 5.73 Å². The molecule has 29 heavy (non-hydrogen) atoms. The molecule has 2 amide bonds. The van der Waals surface area contributed by atoms with Crippen LogP contribution in [0.1, 0.15) is 34.1 Å². The third-order valence-corrected chi connectivity index (χ3v) is 6.93. The number of rotatable bonds is 7. The highest BCUT2D eigenvalue weighted by Crippen LogP contribution is 2.33. The molecule has 0 fully saturated rings. The maximum absolute atomic E-state index is 12.9. The second kappa shape index (κ2) is 9.19. The molecule has 0 saturated carbocycles. The lowest BCUT2D eigenvalue weighted by Gasteiger charge is -2.14. The summed E-state index contributed by atoms with van der Waals surface area (Å²) in [5.74, 6) is -0.715. The Kier molecular flexibility index (Phi) is 6.66. The van der Waals surface area contributed by atoms with Gasteiger partial charge in [-0.15, -0.1) is 11.3 Å². The van der Waals surface area contributed by atoms with Crippen LogP contribution in [0.25, 0.3) is 11.3 Å². The van der Waals surface area contributed by atoms with Gasteiger partial charge in [-0.3, -0.25) is 9.59 Å². The van der Waals surface area contributed by atoms with Gasteiger partial charge in [0.15, 0.2) is 0 Å². The first-order chi connectivity index (χ1) is 13.9. The summed E-state index contributed by atoms with van der Waals surface area (Å²) >= 11 is 2.74. The van der Waals surface area contributed by atoms with Gasteiger partial charge in [-0.2, -0.15) is 0 Å². The van der Waals surface area contributed by atoms with Gasteiger partial charge in [0.2, 0.25) is 5.91 Å². The van der Waals surface area contributed by atoms with Gasteiger partial charge in [-0.05, 0) is 31.9 Å². The highest BCUT2D eigenvalue weighted by Gasteiger charge is 2.24. The number of carbonyl (C=O) groups excluding carboxylic acids is 2. The van der Waals surface area contributed by atoms with Crippen molar-refractivity contribution >= 4 is 39.9 Å². The van der Waals surface area contributed by atoms with Crippen molar-refractivity contribution in [1.82, 2.24) is 9.97 Å². The Morgan fingerprint density at radius 1 is 1.21 bits per heavy atom. The van der Waals surface area contributed by atoms with Crippen molar-refractivity contribution in [3.05, 3.63) is 58.7 Å². The lowest BCUT2D eigenvalue weighted by Crippen LogP contribution is -2.25. The standard InChI is InChI=1S/C21H22N4O2S2/c1-4-16(20(27)25-21-18(19(22)26)12(2)13(3)28-21)29-17-10-15(23-11-24-17)14-8-6-5-7-9-14/h5-11,16H,4H2,1-3H3,(H2,22,26)(H,25,27). The second-order valence-corrected chi connectivity index (χ2v) is 8.91. The van der Waals surface area contributed by atoms with E-state index in [0.29, 0.717) is 17.0 Å². The molecule has 0 aliphatic heterocycles. The van der Waals surface area contributed by atoms with Crippen LogP contribution in [-0.2, 0) is 4.79 Å². The first-order valence-corrected chi connectivity index (χ1v) is 10.8. The van der Waals surface area contributed by atoms with Gasteiger partial charge in [0.05, 0.1) is 16.5 Å². The maximum atomic E-state index is 12.9. The fourth-order valence-corrected chi connectivity index (χ4v) is 4.82. The number of hydrogen-bond donors (Lipinski definition) is 2.